The van der Waals surface area contributed by atoms with Crippen LogP contribution >= 0.6 is 23.2 Å². The van der Waals surface area contributed by atoms with Gasteiger partial charge in [-0.1, -0.05) is 49.2 Å². The van der Waals surface area contributed by atoms with Crippen LogP contribution in [0.4, 0.5) is 11.4 Å². The molecule has 2 aromatic carbocycles. The van der Waals surface area contributed by atoms with Crippen LogP contribution in [-0.4, -0.2) is 18.4 Å². The molecule has 6 heteroatoms. The van der Waals surface area contributed by atoms with Crippen molar-refractivity contribution in [1.82, 2.24) is 0 Å². The molecular weight excluding hydrogens is 371 g/mol. The fourth-order valence-electron chi connectivity index (χ4n) is 2.52. The summed E-state index contributed by atoms with van der Waals surface area (Å²) in [6.07, 6.45) is 0.172. The van der Waals surface area contributed by atoms with Crippen molar-refractivity contribution in [3.05, 3.63) is 58.1 Å². The van der Waals surface area contributed by atoms with E-state index in [0.29, 0.717) is 28.2 Å². The largest absolute Gasteiger partial charge is 0.326 e. The fraction of sp³-hybridized carbons (Fsp3) is 0.300. The molecule has 0 bridgehead atoms. The maximum Gasteiger partial charge on any atom is 0.226 e. The van der Waals surface area contributed by atoms with Crippen molar-refractivity contribution in [3.8, 4) is 0 Å². The third-order valence-corrected chi connectivity index (χ3v) is 4.76. The van der Waals surface area contributed by atoms with Gasteiger partial charge in [-0.2, -0.15) is 0 Å². The van der Waals surface area contributed by atoms with Crippen molar-refractivity contribution >= 4 is 46.4 Å². The maximum atomic E-state index is 12.2. The minimum absolute atomic E-state index is 0.107. The van der Waals surface area contributed by atoms with E-state index in [1.165, 1.54) is 12.5 Å². The van der Waals surface area contributed by atoms with Gasteiger partial charge in [-0.3, -0.25) is 9.59 Å². The first kappa shape index (κ1) is 20.3. The molecule has 2 amide bonds. The van der Waals surface area contributed by atoms with Gasteiger partial charge in [0, 0.05) is 31.3 Å². The molecule has 0 saturated heterocycles. The summed E-state index contributed by atoms with van der Waals surface area (Å²) >= 11 is 11.8. The average molecular weight is 393 g/mol. The van der Waals surface area contributed by atoms with Crippen molar-refractivity contribution in [3.63, 3.8) is 0 Å². The second-order valence-corrected chi connectivity index (χ2v) is 7.16. The van der Waals surface area contributed by atoms with Crippen molar-refractivity contribution in [2.45, 2.75) is 33.1 Å². The van der Waals surface area contributed by atoms with Gasteiger partial charge in [-0.15, -0.1) is 0 Å². The molecule has 0 fully saturated rings. The lowest BCUT2D eigenvalue weighted by Crippen LogP contribution is -2.31. The van der Waals surface area contributed by atoms with Crippen LogP contribution in [0, 0.1) is 0 Å². The Morgan fingerprint density at radius 3 is 2.23 bits per heavy atom. The third-order valence-electron chi connectivity index (χ3n) is 4.02. The molecule has 0 atom stereocenters. The van der Waals surface area contributed by atoms with Gasteiger partial charge in [0.15, 0.2) is 0 Å². The second-order valence-electron chi connectivity index (χ2n) is 6.34. The molecule has 1 N–H and O–H groups in total. The Morgan fingerprint density at radius 1 is 1.04 bits per heavy atom. The van der Waals surface area contributed by atoms with Crippen LogP contribution in [0.2, 0.25) is 10.0 Å². The van der Waals surface area contributed by atoms with E-state index in [9.17, 15) is 9.59 Å². The molecule has 4 nitrogen and oxygen atoms in total. The van der Waals surface area contributed by atoms with Gasteiger partial charge < -0.3 is 10.2 Å². The number of nitrogens with zero attached hydrogens (tertiary/aromatic N) is 1. The predicted molar refractivity (Wildman–Crippen MR) is 108 cm³/mol. The Balaban J connectivity index is 2.00. The topological polar surface area (TPSA) is 49.4 Å². The van der Waals surface area contributed by atoms with E-state index < -0.39 is 0 Å². The third kappa shape index (κ3) is 5.48. The summed E-state index contributed by atoms with van der Waals surface area (Å²) in [5, 5.41) is 3.56. The van der Waals surface area contributed by atoms with Crippen LogP contribution in [0.25, 0.3) is 0 Å². The zero-order chi connectivity index (χ0) is 19.3. The van der Waals surface area contributed by atoms with Crippen molar-refractivity contribution in [2.24, 2.45) is 0 Å². The number of hydrogen-bond donors (Lipinski definition) is 1. The summed E-state index contributed by atoms with van der Waals surface area (Å²) in [7, 11) is 0. The monoisotopic (exact) mass is 392 g/mol. The van der Waals surface area contributed by atoms with Gasteiger partial charge in [0.1, 0.15) is 0 Å². The molecule has 0 spiro atoms. The van der Waals surface area contributed by atoms with E-state index in [-0.39, 0.29) is 18.2 Å². The SMILES string of the molecule is CC(=O)N(CCC(=O)Nc1ccc(Cl)c(Cl)c1)c1ccc(C(C)C)cc1. The second kappa shape index (κ2) is 9.06. The molecule has 0 aromatic heterocycles. The van der Waals surface area contributed by atoms with Crippen LogP contribution in [0.1, 0.15) is 38.7 Å². The van der Waals surface area contributed by atoms with Crippen LogP contribution in [0.5, 0.6) is 0 Å². The fourth-order valence-corrected chi connectivity index (χ4v) is 2.82. The first-order valence-electron chi connectivity index (χ1n) is 8.41. The summed E-state index contributed by atoms with van der Waals surface area (Å²) in [6, 6.07) is 12.7. The van der Waals surface area contributed by atoms with Gasteiger partial charge in [0.05, 0.1) is 10.0 Å². The molecule has 0 saturated carbocycles. The molecule has 138 valence electrons. The molecule has 0 heterocycles. The highest BCUT2D eigenvalue weighted by Gasteiger charge is 2.14. The summed E-state index contributed by atoms with van der Waals surface area (Å²) in [4.78, 5) is 25.8. The molecule has 0 aliphatic heterocycles. The highest BCUT2D eigenvalue weighted by molar-refractivity contribution is 6.42. The first-order chi connectivity index (χ1) is 12.3. The number of nitrogens with one attached hydrogen (secondary N) is 1. The molecule has 0 aliphatic rings. The number of halogens is 2. The Hall–Kier alpha value is -2.04. The Kier molecular flexibility index (Phi) is 7.06. The van der Waals surface area contributed by atoms with Gasteiger partial charge in [0.2, 0.25) is 11.8 Å². The number of hydrogen-bond acceptors (Lipinski definition) is 2. The minimum atomic E-state index is -0.201. The predicted octanol–water partition coefficient (Wildman–Crippen LogP) is 5.50. The van der Waals surface area contributed by atoms with E-state index in [1.54, 1.807) is 23.1 Å². The lowest BCUT2D eigenvalue weighted by atomic mass is 10.0. The first-order valence-corrected chi connectivity index (χ1v) is 9.16. The number of benzene rings is 2. The summed E-state index contributed by atoms with van der Waals surface area (Å²) in [6.45, 7) is 6.02. The maximum absolute atomic E-state index is 12.2. The van der Waals surface area contributed by atoms with Crippen molar-refractivity contribution < 1.29 is 9.59 Å². The minimum Gasteiger partial charge on any atom is -0.326 e. The molecule has 0 aliphatic carbocycles. The van der Waals surface area contributed by atoms with E-state index in [1.807, 2.05) is 24.3 Å². The number of amides is 2. The zero-order valence-corrected chi connectivity index (χ0v) is 16.6. The molecule has 2 rings (SSSR count). The Bertz CT molecular complexity index is 789. The van der Waals surface area contributed by atoms with Crippen molar-refractivity contribution in [1.29, 1.82) is 0 Å². The molecule has 2 aromatic rings. The number of carbonyl (C=O) groups is 2. The molecule has 26 heavy (non-hydrogen) atoms. The number of carbonyl (C=O) groups excluding carboxylic acids is 2. The van der Waals surface area contributed by atoms with Gasteiger partial charge in [-0.05, 0) is 41.8 Å². The molecule has 0 radical (unpaired) electrons. The van der Waals surface area contributed by atoms with Gasteiger partial charge in [0.25, 0.3) is 0 Å². The smallest absolute Gasteiger partial charge is 0.226 e. The number of rotatable bonds is 6. The van der Waals surface area contributed by atoms with Crippen LogP contribution in [-0.2, 0) is 9.59 Å². The lowest BCUT2D eigenvalue weighted by Gasteiger charge is -2.21. The number of anilines is 2. The van der Waals surface area contributed by atoms with Crippen LogP contribution in [0.15, 0.2) is 42.5 Å². The van der Waals surface area contributed by atoms with Crippen LogP contribution in [0.3, 0.4) is 0 Å². The summed E-state index contributed by atoms with van der Waals surface area (Å²) < 4.78 is 0. The van der Waals surface area contributed by atoms with E-state index in [0.717, 1.165) is 5.69 Å². The quantitative estimate of drug-likeness (QED) is 0.705. The lowest BCUT2D eigenvalue weighted by molar-refractivity contribution is -0.117. The highest BCUT2D eigenvalue weighted by Crippen LogP contribution is 2.25. The average Bonchev–Trinajstić information content (AvgIpc) is 2.58. The standard InChI is InChI=1S/C20H22Cl2N2O2/c1-13(2)15-4-7-17(8-5-15)24(14(3)25)11-10-20(26)23-16-6-9-18(21)19(22)12-16/h4-9,12-13H,10-11H2,1-3H3,(H,23,26). The zero-order valence-electron chi connectivity index (χ0n) is 15.1. The van der Waals surface area contributed by atoms with E-state index in [4.69, 9.17) is 23.2 Å². The van der Waals surface area contributed by atoms with Gasteiger partial charge >= 0.3 is 0 Å². The van der Waals surface area contributed by atoms with Crippen LogP contribution < -0.4 is 10.2 Å². The summed E-state index contributed by atoms with van der Waals surface area (Å²) in [5.41, 5.74) is 2.55. The van der Waals surface area contributed by atoms with Gasteiger partial charge in [-0.25, -0.2) is 0 Å². The highest BCUT2D eigenvalue weighted by atomic mass is 35.5. The molecular formula is C20H22Cl2N2O2. The Morgan fingerprint density at radius 2 is 1.69 bits per heavy atom. The van der Waals surface area contributed by atoms with E-state index in [2.05, 4.69) is 19.2 Å². The summed E-state index contributed by atoms with van der Waals surface area (Å²) in [5.74, 6) is 0.116. The van der Waals surface area contributed by atoms with Crippen molar-refractivity contribution in [2.75, 3.05) is 16.8 Å². The Labute approximate surface area is 164 Å². The molecule has 0 unspecified atom stereocenters. The normalized spacial score (nSPS) is 10.7. The van der Waals surface area contributed by atoms with E-state index >= 15 is 0 Å².